The van der Waals surface area contributed by atoms with Crippen LogP contribution in [-0.4, -0.2) is 68.0 Å². The van der Waals surface area contributed by atoms with Crippen molar-refractivity contribution in [2.45, 2.75) is 18.8 Å². The standard InChI is InChI=1S/C23H24F3N9O/c24-23(25,26)16-1-2-20-28-9-18(35(20)10-16)22-27-4-3-21(32-22)34-6-5-33(11-17-13-36-14-29-17)19(12-34)15-7-30-31-8-15/h1-4,9-10,13-15,19,30-31H,5-8,11-12H2. The number of rotatable bonds is 5. The van der Waals surface area contributed by atoms with Crippen molar-refractivity contribution >= 4 is 11.5 Å². The Kier molecular flexibility index (Phi) is 5.82. The molecule has 4 aromatic rings. The van der Waals surface area contributed by atoms with Gasteiger partial charge < -0.3 is 9.32 Å². The summed E-state index contributed by atoms with van der Waals surface area (Å²) >= 11 is 0. The molecule has 188 valence electrons. The third-order valence-corrected chi connectivity index (χ3v) is 6.81. The maximum Gasteiger partial charge on any atom is 0.417 e. The van der Waals surface area contributed by atoms with Crippen molar-refractivity contribution in [1.82, 2.24) is 40.1 Å². The van der Waals surface area contributed by atoms with Gasteiger partial charge in [-0.05, 0) is 18.2 Å². The maximum atomic E-state index is 13.3. The molecule has 0 amide bonds. The molecule has 1 unspecified atom stereocenters. The van der Waals surface area contributed by atoms with Crippen LogP contribution in [0.3, 0.4) is 0 Å². The first-order chi connectivity index (χ1) is 17.5. The Morgan fingerprint density at radius 3 is 2.69 bits per heavy atom. The van der Waals surface area contributed by atoms with Crippen LogP contribution in [0.5, 0.6) is 0 Å². The second-order valence-corrected chi connectivity index (χ2v) is 9.01. The fourth-order valence-corrected chi connectivity index (χ4v) is 4.94. The van der Waals surface area contributed by atoms with Crippen LogP contribution in [0.1, 0.15) is 11.3 Å². The largest absolute Gasteiger partial charge is 0.451 e. The van der Waals surface area contributed by atoms with Crippen molar-refractivity contribution in [3.05, 3.63) is 60.7 Å². The van der Waals surface area contributed by atoms with E-state index in [1.54, 1.807) is 12.5 Å². The van der Waals surface area contributed by atoms with E-state index in [9.17, 15) is 13.2 Å². The van der Waals surface area contributed by atoms with Crippen LogP contribution in [0.2, 0.25) is 0 Å². The van der Waals surface area contributed by atoms with Crippen molar-refractivity contribution in [3.8, 4) is 11.5 Å². The molecule has 2 aliphatic heterocycles. The average Bonchev–Trinajstić information content (AvgIpc) is 3.65. The second kappa shape index (κ2) is 9.15. The molecule has 2 saturated heterocycles. The summed E-state index contributed by atoms with van der Waals surface area (Å²) in [5, 5.41) is 0. The first-order valence-electron chi connectivity index (χ1n) is 11.7. The Morgan fingerprint density at radius 2 is 1.92 bits per heavy atom. The van der Waals surface area contributed by atoms with E-state index in [1.807, 2.05) is 6.07 Å². The Hall–Kier alpha value is -3.55. The van der Waals surface area contributed by atoms with Gasteiger partial charge >= 0.3 is 6.18 Å². The van der Waals surface area contributed by atoms with Gasteiger partial charge in [-0.25, -0.2) is 19.9 Å². The van der Waals surface area contributed by atoms with E-state index in [2.05, 4.69) is 35.6 Å². The van der Waals surface area contributed by atoms with Crippen LogP contribution < -0.4 is 15.8 Å². The van der Waals surface area contributed by atoms with Gasteiger partial charge in [-0.2, -0.15) is 13.2 Å². The quantitative estimate of drug-likeness (QED) is 0.428. The maximum absolute atomic E-state index is 13.3. The fourth-order valence-electron chi connectivity index (χ4n) is 4.94. The van der Waals surface area contributed by atoms with E-state index in [0.717, 1.165) is 56.5 Å². The highest BCUT2D eigenvalue weighted by atomic mass is 19.4. The van der Waals surface area contributed by atoms with Gasteiger partial charge in [-0.3, -0.25) is 20.2 Å². The van der Waals surface area contributed by atoms with Crippen LogP contribution in [0.15, 0.2) is 53.9 Å². The normalized spacial score (nSPS) is 20.0. The van der Waals surface area contributed by atoms with Crippen molar-refractivity contribution < 1.29 is 17.6 Å². The fraction of sp³-hybridized carbons (Fsp3) is 0.391. The van der Waals surface area contributed by atoms with Gasteiger partial charge in [0.2, 0.25) is 0 Å². The number of halogens is 3. The molecule has 2 aliphatic rings. The number of fused-ring (bicyclic) bond motifs is 1. The Labute approximate surface area is 204 Å². The first-order valence-corrected chi connectivity index (χ1v) is 11.7. The lowest BCUT2D eigenvalue weighted by Gasteiger charge is -2.44. The SMILES string of the molecule is FC(F)(F)c1ccc2ncc(-c3nccc(N4CCN(Cc5cocn5)C(C5CNNC5)C4)n3)n2c1. The molecule has 36 heavy (non-hydrogen) atoms. The van der Waals surface area contributed by atoms with Gasteiger partial charge in [-0.15, -0.1) is 0 Å². The smallest absolute Gasteiger partial charge is 0.417 e. The van der Waals surface area contributed by atoms with E-state index < -0.39 is 11.7 Å². The summed E-state index contributed by atoms with van der Waals surface area (Å²) in [5.74, 6) is 1.44. The molecule has 13 heteroatoms. The predicted molar refractivity (Wildman–Crippen MR) is 124 cm³/mol. The third kappa shape index (κ3) is 4.40. The summed E-state index contributed by atoms with van der Waals surface area (Å²) < 4.78 is 46.4. The molecule has 0 radical (unpaired) electrons. The van der Waals surface area contributed by atoms with Crippen molar-refractivity contribution in [2.24, 2.45) is 5.92 Å². The Morgan fingerprint density at radius 1 is 1.06 bits per heavy atom. The molecule has 6 rings (SSSR count). The number of hydrogen-bond acceptors (Lipinski definition) is 9. The number of oxazole rings is 1. The van der Waals surface area contributed by atoms with Crippen molar-refractivity contribution in [2.75, 3.05) is 37.6 Å². The molecule has 4 aromatic heterocycles. The first kappa shape index (κ1) is 22.9. The lowest BCUT2D eigenvalue weighted by Crippen LogP contribution is -2.56. The van der Waals surface area contributed by atoms with Crippen LogP contribution in [0, 0.1) is 5.92 Å². The van der Waals surface area contributed by atoms with E-state index in [4.69, 9.17) is 9.40 Å². The highest BCUT2D eigenvalue weighted by Gasteiger charge is 2.36. The van der Waals surface area contributed by atoms with Crippen LogP contribution in [-0.2, 0) is 12.7 Å². The van der Waals surface area contributed by atoms with Gasteiger partial charge in [0, 0.05) is 63.6 Å². The third-order valence-electron chi connectivity index (χ3n) is 6.81. The number of aromatic nitrogens is 5. The van der Waals surface area contributed by atoms with Crippen molar-refractivity contribution in [1.29, 1.82) is 0 Å². The minimum atomic E-state index is -4.46. The number of alkyl halides is 3. The zero-order chi connectivity index (χ0) is 24.7. The van der Waals surface area contributed by atoms with Gasteiger partial charge in [0.15, 0.2) is 12.2 Å². The van der Waals surface area contributed by atoms with Crippen LogP contribution in [0.25, 0.3) is 17.2 Å². The molecule has 1 atom stereocenters. The monoisotopic (exact) mass is 499 g/mol. The lowest BCUT2D eigenvalue weighted by molar-refractivity contribution is -0.137. The minimum absolute atomic E-state index is 0.238. The molecule has 2 N–H and O–H groups in total. The summed E-state index contributed by atoms with van der Waals surface area (Å²) in [5.41, 5.74) is 7.38. The molecular weight excluding hydrogens is 475 g/mol. The molecule has 0 bridgehead atoms. The zero-order valence-corrected chi connectivity index (χ0v) is 19.2. The van der Waals surface area contributed by atoms with E-state index >= 15 is 0 Å². The van der Waals surface area contributed by atoms with Crippen molar-refractivity contribution in [3.63, 3.8) is 0 Å². The Bertz CT molecular complexity index is 1330. The molecule has 0 saturated carbocycles. The lowest BCUT2D eigenvalue weighted by atomic mass is 9.96. The molecule has 10 nitrogen and oxygen atoms in total. The van der Waals surface area contributed by atoms with Crippen LogP contribution >= 0.6 is 0 Å². The molecule has 2 fully saturated rings. The Balaban J connectivity index is 1.28. The summed E-state index contributed by atoms with van der Waals surface area (Å²) in [6.45, 7) is 4.69. The number of nitrogens with one attached hydrogen (secondary N) is 2. The molecule has 0 aromatic carbocycles. The summed E-state index contributed by atoms with van der Waals surface area (Å²) in [7, 11) is 0. The van der Waals surface area contributed by atoms with E-state index in [-0.39, 0.29) is 6.04 Å². The predicted octanol–water partition coefficient (Wildman–Crippen LogP) is 2.21. The summed E-state index contributed by atoms with van der Waals surface area (Å²) in [4.78, 5) is 22.2. The van der Waals surface area contributed by atoms with Gasteiger partial charge in [0.05, 0.1) is 17.5 Å². The molecule has 6 heterocycles. The van der Waals surface area contributed by atoms with E-state index in [1.165, 1.54) is 23.1 Å². The number of hydrogen-bond donors (Lipinski definition) is 2. The topological polar surface area (TPSA) is 99.7 Å². The highest BCUT2D eigenvalue weighted by Crippen LogP contribution is 2.31. The number of hydrazine groups is 1. The summed E-state index contributed by atoms with van der Waals surface area (Å²) in [6, 6.07) is 4.44. The molecular formula is C23H24F3N9O. The number of nitrogens with zero attached hydrogens (tertiary/aromatic N) is 7. The highest BCUT2D eigenvalue weighted by molar-refractivity contribution is 5.59. The molecule has 0 aliphatic carbocycles. The van der Waals surface area contributed by atoms with Crippen LogP contribution in [0.4, 0.5) is 19.0 Å². The average molecular weight is 500 g/mol. The number of piperazine rings is 1. The molecule has 0 spiro atoms. The zero-order valence-electron chi connectivity index (χ0n) is 19.2. The van der Waals surface area contributed by atoms with Gasteiger partial charge in [0.1, 0.15) is 23.4 Å². The van der Waals surface area contributed by atoms with E-state index in [0.29, 0.717) is 29.6 Å². The number of pyridine rings is 1. The van der Waals surface area contributed by atoms with Gasteiger partial charge in [-0.1, -0.05) is 0 Å². The minimum Gasteiger partial charge on any atom is -0.451 e. The number of anilines is 1. The second-order valence-electron chi connectivity index (χ2n) is 9.01. The number of imidazole rings is 1. The van der Waals surface area contributed by atoms with Gasteiger partial charge in [0.25, 0.3) is 0 Å². The summed E-state index contributed by atoms with van der Waals surface area (Å²) in [6.07, 6.45) is 2.84.